The summed E-state index contributed by atoms with van der Waals surface area (Å²) < 4.78 is 90.3. The van der Waals surface area contributed by atoms with Crippen LogP contribution in [0.5, 0.6) is 0 Å². The molecule has 0 N–H and O–H groups in total. The first-order valence-electron chi connectivity index (χ1n) is 8.63. The monoisotopic (exact) mass is 228 g/mol. The molecular weight excluding hydrogens is 204 g/mol. The zero-order valence-corrected chi connectivity index (χ0v) is 6.94. The van der Waals surface area contributed by atoms with Crippen LogP contribution >= 0.6 is 15.9 Å². The molecule has 62 valence electrons. The van der Waals surface area contributed by atoms with Crippen LogP contribution in [0.25, 0.3) is 0 Å². The van der Waals surface area contributed by atoms with E-state index in [0.29, 0.717) is 0 Å². The second kappa shape index (κ2) is 2.63. The predicted octanol–water partition coefficient (Wildman–Crippen LogP) is 2.71. The van der Waals surface area contributed by atoms with Crippen LogP contribution in [-0.4, -0.2) is 9.55 Å². The molecule has 0 saturated heterocycles. The molecule has 0 unspecified atom stereocenters. The summed E-state index contributed by atoms with van der Waals surface area (Å²) in [6.07, 6.45) is 0.757. The summed E-state index contributed by atoms with van der Waals surface area (Å²) in [6.45, 7) is -13.7. The summed E-state index contributed by atoms with van der Waals surface area (Å²) in [5, 5.41) is 0. The summed E-state index contributed by atoms with van der Waals surface area (Å²) in [7, 11) is 0. The third-order valence-electron chi connectivity index (χ3n) is 1.04. The van der Waals surface area contributed by atoms with Crippen LogP contribution in [0.15, 0.2) is 10.8 Å². The summed E-state index contributed by atoms with van der Waals surface area (Å²) in [5.74, 6) is -0.937. The van der Waals surface area contributed by atoms with Gasteiger partial charge in [-0.1, -0.05) is 0 Å². The van der Waals surface area contributed by atoms with Gasteiger partial charge in [-0.25, -0.2) is 4.98 Å². The van der Waals surface area contributed by atoms with Crippen LogP contribution in [0.2, 0.25) is 0 Å². The number of hydrogen-bond acceptors (Lipinski definition) is 1. The Morgan fingerprint density at radius 2 is 2.36 bits per heavy atom. The van der Waals surface area contributed by atoms with Gasteiger partial charge in [0.25, 0.3) is 0 Å². The predicted molar refractivity (Wildman–Crippen MR) is 49.7 cm³/mol. The van der Waals surface area contributed by atoms with Crippen molar-refractivity contribution in [2.75, 3.05) is 0 Å². The number of aromatic nitrogens is 2. The highest BCUT2D eigenvalue weighted by Gasteiger charge is 2.15. The molecule has 1 rings (SSSR count). The first kappa shape index (κ1) is 1.95. The molecule has 0 aliphatic carbocycles. The van der Waals surface area contributed by atoms with Gasteiger partial charge in [0.15, 0.2) is 0 Å². The number of imidazole rings is 1. The third-order valence-corrected chi connectivity index (χ3v) is 1.42. The number of aryl methyl sites for hydroxylation is 1. The number of rotatable bonds is 0. The van der Waals surface area contributed by atoms with Crippen molar-refractivity contribution in [1.29, 1.82) is 0 Å². The van der Waals surface area contributed by atoms with Crippen LogP contribution < -0.4 is 0 Å². The van der Waals surface area contributed by atoms with Crippen molar-refractivity contribution in [2.24, 2.45) is 0 Å². The molecular formula is C8H13BrN2. The largest absolute Gasteiger partial charge is 0.329 e. The molecule has 0 spiro atoms. The first-order chi connectivity index (χ1) is 9.87. The molecule has 2 nitrogen and oxygen atoms in total. The maximum Gasteiger partial charge on any atom is 0.124 e. The first-order valence-corrected chi connectivity index (χ1v) is 3.42. The van der Waals surface area contributed by atoms with E-state index < -0.39 is 38.8 Å². The molecule has 3 heteroatoms. The molecule has 0 aliphatic heterocycles. The molecule has 11 heavy (non-hydrogen) atoms. The number of hydrogen-bond donors (Lipinski definition) is 0. The van der Waals surface area contributed by atoms with Crippen LogP contribution in [0.1, 0.15) is 42.8 Å². The molecule has 0 saturated carbocycles. The fraction of sp³-hybridized carbons (Fsp3) is 0.625. The van der Waals surface area contributed by atoms with Crippen LogP contribution in [0, 0.1) is 6.85 Å². The Balaban J connectivity index is 4.04. The van der Waals surface area contributed by atoms with Gasteiger partial charge in [-0.05, 0) is 43.3 Å². The van der Waals surface area contributed by atoms with E-state index in [1.165, 1.54) is 0 Å². The van der Waals surface area contributed by atoms with Gasteiger partial charge in [0.2, 0.25) is 0 Å². The van der Waals surface area contributed by atoms with E-state index in [1.807, 2.05) is 0 Å². The van der Waals surface area contributed by atoms with Crippen molar-refractivity contribution in [3.63, 3.8) is 0 Å². The summed E-state index contributed by atoms with van der Waals surface area (Å²) in [6, 6.07) is 0. The minimum absolute atomic E-state index is 0.189. The summed E-state index contributed by atoms with van der Waals surface area (Å²) in [4.78, 5) is 3.56. The van der Waals surface area contributed by atoms with Gasteiger partial charge in [-0.2, -0.15) is 0 Å². The molecule has 0 aliphatic rings. The smallest absolute Gasteiger partial charge is 0.124 e. The van der Waals surface area contributed by atoms with E-state index in [2.05, 4.69) is 20.9 Å². The Labute approximate surface area is 92.6 Å². The lowest BCUT2D eigenvalue weighted by molar-refractivity contribution is 0.388. The van der Waals surface area contributed by atoms with Gasteiger partial charge in [0.1, 0.15) is 10.4 Å². The van der Waals surface area contributed by atoms with Gasteiger partial charge < -0.3 is 4.57 Å². The highest BCUT2D eigenvalue weighted by molar-refractivity contribution is 9.10. The van der Waals surface area contributed by atoms with Gasteiger partial charge in [-0.15, -0.1) is 0 Å². The fourth-order valence-corrected chi connectivity index (χ4v) is 0.980. The average molecular weight is 229 g/mol. The Hall–Kier alpha value is -0.310. The maximum absolute atomic E-state index is 7.56. The quantitative estimate of drug-likeness (QED) is 0.668. The lowest BCUT2D eigenvalue weighted by Crippen LogP contribution is -2.21. The molecule has 0 aromatic carbocycles. The zero-order valence-electron chi connectivity index (χ0n) is 17.3. The van der Waals surface area contributed by atoms with Crippen LogP contribution in [-0.2, 0) is 5.54 Å². The fourth-order valence-electron chi connectivity index (χ4n) is 0.607. The normalized spacial score (nSPS) is 32.8. The van der Waals surface area contributed by atoms with E-state index in [1.54, 1.807) is 0 Å². The van der Waals surface area contributed by atoms with Crippen molar-refractivity contribution < 1.29 is 16.4 Å². The molecule has 0 atom stereocenters. The number of nitrogens with zero attached hydrogens (tertiary/aromatic N) is 2. The zero-order chi connectivity index (χ0) is 18.6. The van der Waals surface area contributed by atoms with Crippen molar-refractivity contribution in [2.45, 2.75) is 32.9 Å². The summed E-state index contributed by atoms with van der Waals surface area (Å²) in [5.41, 5.74) is -3.46. The second-order valence-corrected chi connectivity index (χ2v) is 2.78. The topological polar surface area (TPSA) is 17.8 Å². The van der Waals surface area contributed by atoms with E-state index in [0.717, 1.165) is 6.20 Å². The van der Waals surface area contributed by atoms with Crippen molar-refractivity contribution >= 4 is 15.9 Å². The van der Waals surface area contributed by atoms with Gasteiger partial charge in [0, 0.05) is 28.2 Å². The molecule has 0 amide bonds. The van der Waals surface area contributed by atoms with E-state index >= 15 is 0 Å². The Morgan fingerprint density at radius 1 is 1.64 bits per heavy atom. The lowest BCUT2D eigenvalue weighted by Gasteiger charge is -2.21. The SMILES string of the molecule is [2H]C([2H])([2H])c1nc(Br)cn1C(C([2H])([2H])[2H])(C([2H])([2H])[2H])C([2H])([2H])[2H]. The highest BCUT2D eigenvalue weighted by atomic mass is 79.9. The lowest BCUT2D eigenvalue weighted by atomic mass is 10.1. The molecule has 1 aromatic rings. The second-order valence-electron chi connectivity index (χ2n) is 1.97. The van der Waals surface area contributed by atoms with E-state index in [-0.39, 0.29) is 9.17 Å². The van der Waals surface area contributed by atoms with Gasteiger partial charge in [-0.3, -0.25) is 0 Å². The Kier molecular flexibility index (Phi) is 0.466. The molecule has 0 radical (unpaired) electrons. The Morgan fingerprint density at radius 3 is 2.91 bits per heavy atom. The van der Waals surface area contributed by atoms with Crippen molar-refractivity contribution in [3.05, 3.63) is 16.6 Å². The molecule has 0 fully saturated rings. The minimum atomic E-state index is -3.57. The molecule has 1 aromatic heterocycles. The van der Waals surface area contributed by atoms with E-state index in [4.69, 9.17) is 16.4 Å². The van der Waals surface area contributed by atoms with Crippen LogP contribution in [0.3, 0.4) is 0 Å². The van der Waals surface area contributed by atoms with Crippen molar-refractivity contribution in [3.8, 4) is 0 Å². The molecule has 0 bridgehead atoms. The summed E-state index contributed by atoms with van der Waals surface area (Å²) >= 11 is 2.84. The maximum atomic E-state index is 7.56. The highest BCUT2D eigenvalue weighted by Crippen LogP contribution is 2.19. The van der Waals surface area contributed by atoms with Gasteiger partial charge in [0.05, 0.1) is 0 Å². The Bertz CT molecular complexity index is 538. The average Bonchev–Trinajstić information content (AvgIpc) is 2.52. The van der Waals surface area contributed by atoms with Gasteiger partial charge >= 0.3 is 0 Å². The van der Waals surface area contributed by atoms with Crippen molar-refractivity contribution in [1.82, 2.24) is 9.55 Å². The number of halogens is 1. The van der Waals surface area contributed by atoms with Crippen LogP contribution in [0.4, 0.5) is 0 Å². The standard InChI is InChI=1S/C8H13BrN2/c1-6-10-7(9)5-11(6)8(2,3)4/h5H,1-4H3/i1D3,2D3,3D3,4D3. The van der Waals surface area contributed by atoms with E-state index in [9.17, 15) is 0 Å². The minimum Gasteiger partial charge on any atom is -0.329 e. The molecule has 1 heterocycles. The third kappa shape index (κ3) is 1.83.